The number of pyridine rings is 1. The van der Waals surface area contributed by atoms with Crippen molar-refractivity contribution in [3.05, 3.63) is 60.7 Å². The van der Waals surface area contributed by atoms with Gasteiger partial charge in [-0.05, 0) is 50.2 Å². The van der Waals surface area contributed by atoms with Gasteiger partial charge in [0.05, 0.1) is 5.69 Å². The summed E-state index contributed by atoms with van der Waals surface area (Å²) in [5, 5.41) is 6.87. The third-order valence-electron chi connectivity index (χ3n) is 4.46. The van der Waals surface area contributed by atoms with Gasteiger partial charge in [0.1, 0.15) is 11.6 Å². The minimum Gasteiger partial charge on any atom is -0.367 e. The van der Waals surface area contributed by atoms with Crippen LogP contribution in [0, 0.1) is 5.82 Å². The fourth-order valence-electron chi connectivity index (χ4n) is 3.12. The zero-order valence-corrected chi connectivity index (χ0v) is 14.3. The first-order valence-electron chi connectivity index (χ1n) is 8.80. The quantitative estimate of drug-likeness (QED) is 0.755. The summed E-state index contributed by atoms with van der Waals surface area (Å²) in [5.41, 5.74) is 2.33. The largest absolute Gasteiger partial charge is 0.367 e. The highest BCUT2D eigenvalue weighted by Crippen LogP contribution is 2.25. The van der Waals surface area contributed by atoms with E-state index in [9.17, 15) is 4.39 Å². The number of hydrogen-bond donors (Lipinski definition) is 2. The van der Waals surface area contributed by atoms with Crippen LogP contribution in [-0.2, 0) is 0 Å². The van der Waals surface area contributed by atoms with Crippen LogP contribution < -0.4 is 10.6 Å². The van der Waals surface area contributed by atoms with E-state index in [2.05, 4.69) is 25.6 Å². The number of benzene rings is 1. The van der Waals surface area contributed by atoms with Crippen molar-refractivity contribution in [3.63, 3.8) is 0 Å². The Hall–Kier alpha value is -2.86. The lowest BCUT2D eigenvalue weighted by atomic mass is 10.1. The number of anilines is 1. The van der Waals surface area contributed by atoms with Crippen molar-refractivity contribution in [2.24, 2.45) is 0 Å². The standard InChI is InChI=1S/C20H20FN5/c21-16-5-1-3-14(11-16)20-25-18(15-4-2-8-23-13-15)12-19(26-20)24-17-6-9-22-10-7-17/h1-5,8,11-13,17,22H,6-7,9-10H2,(H,24,25,26). The fourth-order valence-corrected chi connectivity index (χ4v) is 3.12. The average molecular weight is 349 g/mol. The molecular formula is C20H20FN5. The summed E-state index contributed by atoms with van der Waals surface area (Å²) in [6, 6.07) is 12.5. The summed E-state index contributed by atoms with van der Waals surface area (Å²) in [5.74, 6) is 0.957. The maximum Gasteiger partial charge on any atom is 0.162 e. The van der Waals surface area contributed by atoms with Crippen LogP contribution in [0.5, 0.6) is 0 Å². The van der Waals surface area contributed by atoms with E-state index >= 15 is 0 Å². The van der Waals surface area contributed by atoms with Gasteiger partial charge in [-0.2, -0.15) is 0 Å². The summed E-state index contributed by atoms with van der Waals surface area (Å²) < 4.78 is 13.7. The first-order valence-corrected chi connectivity index (χ1v) is 8.80. The second kappa shape index (κ2) is 7.58. The normalized spacial score (nSPS) is 15.0. The van der Waals surface area contributed by atoms with Crippen LogP contribution in [0.25, 0.3) is 22.6 Å². The van der Waals surface area contributed by atoms with Gasteiger partial charge >= 0.3 is 0 Å². The van der Waals surface area contributed by atoms with Crippen molar-refractivity contribution in [2.75, 3.05) is 18.4 Å². The van der Waals surface area contributed by atoms with E-state index in [-0.39, 0.29) is 5.82 Å². The molecule has 0 atom stereocenters. The van der Waals surface area contributed by atoms with Crippen molar-refractivity contribution in [2.45, 2.75) is 18.9 Å². The molecule has 1 fully saturated rings. The van der Waals surface area contributed by atoms with Gasteiger partial charge in [0.15, 0.2) is 5.82 Å². The Labute approximate surface area is 151 Å². The van der Waals surface area contributed by atoms with Crippen molar-refractivity contribution < 1.29 is 4.39 Å². The van der Waals surface area contributed by atoms with Crippen LogP contribution in [0.4, 0.5) is 10.2 Å². The Morgan fingerprint density at radius 1 is 1.00 bits per heavy atom. The van der Waals surface area contributed by atoms with Crippen LogP contribution in [0.1, 0.15) is 12.8 Å². The van der Waals surface area contributed by atoms with Gasteiger partial charge in [-0.25, -0.2) is 14.4 Å². The smallest absolute Gasteiger partial charge is 0.162 e. The number of halogens is 1. The molecule has 1 aromatic carbocycles. The summed E-state index contributed by atoms with van der Waals surface area (Å²) in [6.07, 6.45) is 5.58. The summed E-state index contributed by atoms with van der Waals surface area (Å²) in [7, 11) is 0. The maximum atomic E-state index is 13.7. The molecule has 0 aliphatic carbocycles. The molecule has 5 nitrogen and oxygen atoms in total. The highest BCUT2D eigenvalue weighted by Gasteiger charge is 2.15. The molecule has 1 aliphatic rings. The van der Waals surface area contributed by atoms with Crippen molar-refractivity contribution in [1.82, 2.24) is 20.3 Å². The summed E-state index contributed by atoms with van der Waals surface area (Å²) >= 11 is 0. The monoisotopic (exact) mass is 349 g/mol. The molecule has 4 rings (SSSR count). The number of nitrogens with one attached hydrogen (secondary N) is 2. The zero-order chi connectivity index (χ0) is 17.8. The van der Waals surface area contributed by atoms with E-state index < -0.39 is 0 Å². The van der Waals surface area contributed by atoms with Crippen LogP contribution in [0.3, 0.4) is 0 Å². The molecule has 0 saturated carbocycles. The van der Waals surface area contributed by atoms with E-state index in [4.69, 9.17) is 0 Å². The molecule has 3 aromatic rings. The van der Waals surface area contributed by atoms with Gasteiger partial charge in [0, 0.05) is 35.6 Å². The Balaban J connectivity index is 1.74. The Bertz CT molecular complexity index is 878. The molecule has 0 amide bonds. The molecule has 2 aromatic heterocycles. The van der Waals surface area contributed by atoms with E-state index in [1.54, 1.807) is 18.5 Å². The van der Waals surface area contributed by atoms with Crippen LogP contribution >= 0.6 is 0 Å². The molecule has 0 bridgehead atoms. The second-order valence-corrected chi connectivity index (χ2v) is 6.38. The third-order valence-corrected chi connectivity index (χ3v) is 4.46. The molecule has 1 aliphatic heterocycles. The van der Waals surface area contributed by atoms with Crippen LogP contribution in [0.2, 0.25) is 0 Å². The minimum absolute atomic E-state index is 0.300. The molecule has 6 heteroatoms. The first-order chi connectivity index (χ1) is 12.8. The third kappa shape index (κ3) is 3.86. The first kappa shape index (κ1) is 16.6. The number of aromatic nitrogens is 3. The van der Waals surface area contributed by atoms with Crippen molar-refractivity contribution >= 4 is 5.82 Å². The zero-order valence-electron chi connectivity index (χ0n) is 14.3. The van der Waals surface area contributed by atoms with Gasteiger partial charge in [-0.15, -0.1) is 0 Å². The lowest BCUT2D eigenvalue weighted by molar-refractivity contribution is 0.478. The number of nitrogens with zero attached hydrogens (tertiary/aromatic N) is 3. The topological polar surface area (TPSA) is 62.7 Å². The number of piperidine rings is 1. The van der Waals surface area contributed by atoms with E-state index in [0.29, 0.717) is 17.4 Å². The predicted octanol–water partition coefficient (Wildman–Crippen LogP) is 3.51. The van der Waals surface area contributed by atoms with Gasteiger partial charge in [-0.1, -0.05) is 12.1 Å². The minimum atomic E-state index is -0.300. The number of rotatable bonds is 4. The summed E-state index contributed by atoms with van der Waals surface area (Å²) in [4.78, 5) is 13.4. The average Bonchev–Trinajstić information content (AvgIpc) is 2.69. The summed E-state index contributed by atoms with van der Waals surface area (Å²) in [6.45, 7) is 1.99. The highest BCUT2D eigenvalue weighted by molar-refractivity contribution is 5.67. The molecule has 0 spiro atoms. The SMILES string of the molecule is Fc1cccc(-c2nc(NC3CCNCC3)cc(-c3cccnc3)n2)c1. The van der Waals surface area contributed by atoms with E-state index in [0.717, 1.165) is 43.0 Å². The molecule has 2 N–H and O–H groups in total. The van der Waals surface area contributed by atoms with Gasteiger partial charge in [0.2, 0.25) is 0 Å². The van der Waals surface area contributed by atoms with Gasteiger partial charge in [0.25, 0.3) is 0 Å². The lowest BCUT2D eigenvalue weighted by Crippen LogP contribution is -2.35. The Morgan fingerprint density at radius 2 is 1.85 bits per heavy atom. The van der Waals surface area contributed by atoms with E-state index in [1.165, 1.54) is 12.1 Å². The predicted molar refractivity (Wildman–Crippen MR) is 100 cm³/mol. The fraction of sp³-hybridized carbons (Fsp3) is 0.250. The van der Waals surface area contributed by atoms with Crippen molar-refractivity contribution in [1.29, 1.82) is 0 Å². The molecule has 0 unspecified atom stereocenters. The second-order valence-electron chi connectivity index (χ2n) is 6.38. The van der Waals surface area contributed by atoms with Gasteiger partial charge < -0.3 is 10.6 Å². The van der Waals surface area contributed by atoms with Crippen LogP contribution in [-0.4, -0.2) is 34.1 Å². The molecule has 0 radical (unpaired) electrons. The molecule has 132 valence electrons. The molecule has 1 saturated heterocycles. The maximum absolute atomic E-state index is 13.7. The molecule has 26 heavy (non-hydrogen) atoms. The highest BCUT2D eigenvalue weighted by atomic mass is 19.1. The van der Waals surface area contributed by atoms with E-state index in [1.807, 2.05) is 24.3 Å². The molecule has 3 heterocycles. The van der Waals surface area contributed by atoms with Gasteiger partial charge in [-0.3, -0.25) is 4.98 Å². The van der Waals surface area contributed by atoms with Crippen molar-refractivity contribution in [3.8, 4) is 22.6 Å². The van der Waals surface area contributed by atoms with Crippen LogP contribution in [0.15, 0.2) is 54.9 Å². The molecular weight excluding hydrogens is 329 g/mol. The lowest BCUT2D eigenvalue weighted by Gasteiger charge is -2.24. The number of hydrogen-bond acceptors (Lipinski definition) is 5. The Morgan fingerprint density at radius 3 is 2.62 bits per heavy atom. The Kier molecular flexibility index (Phi) is 4.84.